The Balaban J connectivity index is 1.22. The highest BCUT2D eigenvalue weighted by Gasteiger charge is 2.45. The number of allylic oxidation sites excluding steroid dienone is 8. The minimum atomic E-state index is -0.0761. The first-order valence-electron chi connectivity index (χ1n) is 15.5. The van der Waals surface area contributed by atoms with Crippen LogP contribution in [-0.4, -0.2) is 28.8 Å². The van der Waals surface area contributed by atoms with E-state index in [9.17, 15) is 0 Å². The molecule has 0 aromatic heterocycles. The fourth-order valence-corrected chi connectivity index (χ4v) is 7.51. The Hall–Kier alpha value is -3.82. The van der Waals surface area contributed by atoms with Crippen LogP contribution in [0.1, 0.15) is 51.7 Å². The third-order valence-corrected chi connectivity index (χ3v) is 9.89. The van der Waals surface area contributed by atoms with Crippen LogP contribution in [0, 0.1) is 0 Å². The Kier molecular flexibility index (Phi) is 8.20. The van der Waals surface area contributed by atoms with Crippen molar-refractivity contribution in [2.75, 3.05) is 23.9 Å². The summed E-state index contributed by atoms with van der Waals surface area (Å²) >= 11 is 1.94. The number of anilines is 1. The van der Waals surface area contributed by atoms with E-state index in [1.165, 1.54) is 74.0 Å². The Bertz CT molecular complexity index is 1830. The molecule has 43 heavy (non-hydrogen) atoms. The van der Waals surface area contributed by atoms with Crippen molar-refractivity contribution < 1.29 is 4.58 Å². The maximum Gasteiger partial charge on any atom is 0.210 e. The first-order valence-corrected chi connectivity index (χ1v) is 16.9. The molecule has 3 heteroatoms. The standard InChI is InChI=1S/C40H42N2S/c1-39(2)35(41-33-25-23-29-17-11-13-19-31(29)37(33)39)21-9-7-6-8-10-22-36-40(3,4)38-32-20-14-12-18-30(32)24-26-34(38)42(36)27-15-16-28-43-5/h6-14,17-26H,15-16,27-28H2,1-5H3/p+1. The molecule has 0 bridgehead atoms. The summed E-state index contributed by atoms with van der Waals surface area (Å²) < 4.78 is 2.57. The van der Waals surface area contributed by atoms with E-state index in [1.807, 2.05) is 11.8 Å². The lowest BCUT2D eigenvalue weighted by atomic mass is 9.79. The van der Waals surface area contributed by atoms with Crippen molar-refractivity contribution >= 4 is 50.4 Å². The quantitative estimate of drug-likeness (QED) is 0.120. The van der Waals surface area contributed by atoms with E-state index in [1.54, 1.807) is 0 Å². The summed E-state index contributed by atoms with van der Waals surface area (Å²) in [6.07, 6.45) is 19.9. The van der Waals surface area contributed by atoms with Crippen molar-refractivity contribution in [3.05, 3.63) is 132 Å². The molecule has 4 aromatic carbocycles. The van der Waals surface area contributed by atoms with Gasteiger partial charge in [-0.1, -0.05) is 98.8 Å². The largest absolute Gasteiger partial charge is 0.358 e. The van der Waals surface area contributed by atoms with Crippen molar-refractivity contribution in [2.45, 2.75) is 51.4 Å². The van der Waals surface area contributed by atoms with Crippen molar-refractivity contribution in [1.82, 2.24) is 0 Å². The summed E-state index contributed by atoms with van der Waals surface area (Å²) in [6.45, 7) is 10.4. The molecule has 0 atom stereocenters. The summed E-state index contributed by atoms with van der Waals surface area (Å²) in [5.41, 5.74) is 7.86. The van der Waals surface area contributed by atoms with E-state index in [4.69, 9.17) is 0 Å². The minimum absolute atomic E-state index is 0.0702. The number of rotatable bonds is 9. The number of thioether (sulfide) groups is 1. The Morgan fingerprint density at radius 1 is 0.698 bits per heavy atom. The fraction of sp³-hybridized carbons (Fsp3) is 0.275. The smallest absolute Gasteiger partial charge is 0.210 e. The maximum atomic E-state index is 3.68. The van der Waals surface area contributed by atoms with Crippen LogP contribution >= 0.6 is 11.8 Å². The molecule has 0 spiro atoms. The Morgan fingerprint density at radius 3 is 2.09 bits per heavy atom. The highest BCUT2D eigenvalue weighted by Crippen LogP contribution is 2.47. The summed E-state index contributed by atoms with van der Waals surface area (Å²) in [7, 11) is 0. The number of hydrogen-bond acceptors (Lipinski definition) is 2. The molecule has 0 amide bonds. The van der Waals surface area contributed by atoms with Gasteiger partial charge in [0.1, 0.15) is 6.54 Å². The molecule has 0 saturated carbocycles. The van der Waals surface area contributed by atoms with E-state index in [-0.39, 0.29) is 10.8 Å². The van der Waals surface area contributed by atoms with Gasteiger partial charge in [0.15, 0.2) is 5.71 Å². The molecular formula is C40H43N2S+. The molecule has 0 radical (unpaired) electrons. The SMILES string of the molecule is CSCCCC[N+]1=C(/C=C/C=C/C=C/C=C2\Nc3ccc4ccccc4c3C2(C)C)C(C)(C)c2c1ccc1ccccc21. The summed E-state index contributed by atoms with van der Waals surface area (Å²) in [4.78, 5) is 0. The number of nitrogens with zero attached hydrogens (tertiary/aromatic N) is 1. The highest BCUT2D eigenvalue weighted by molar-refractivity contribution is 7.98. The third kappa shape index (κ3) is 5.40. The topological polar surface area (TPSA) is 15.0 Å². The van der Waals surface area contributed by atoms with Crippen LogP contribution in [0.25, 0.3) is 21.5 Å². The van der Waals surface area contributed by atoms with Crippen molar-refractivity contribution in [3.63, 3.8) is 0 Å². The summed E-state index contributed by atoms with van der Waals surface area (Å²) in [6, 6.07) is 26.5. The van der Waals surface area contributed by atoms with Crippen molar-refractivity contribution in [1.29, 1.82) is 0 Å². The second-order valence-electron chi connectivity index (χ2n) is 12.7. The van der Waals surface area contributed by atoms with Gasteiger partial charge in [0.25, 0.3) is 0 Å². The number of benzene rings is 4. The van der Waals surface area contributed by atoms with Crippen LogP contribution in [0.3, 0.4) is 0 Å². The van der Waals surface area contributed by atoms with Gasteiger partial charge in [-0.2, -0.15) is 16.3 Å². The van der Waals surface area contributed by atoms with E-state index in [0.29, 0.717) is 0 Å². The normalized spacial score (nSPS) is 18.1. The molecule has 0 aliphatic carbocycles. The van der Waals surface area contributed by atoms with E-state index < -0.39 is 0 Å². The van der Waals surface area contributed by atoms with Crippen LogP contribution in [0.5, 0.6) is 0 Å². The lowest BCUT2D eigenvalue weighted by Crippen LogP contribution is -2.28. The second-order valence-corrected chi connectivity index (χ2v) is 13.7. The number of nitrogens with one attached hydrogen (secondary N) is 1. The second kappa shape index (κ2) is 12.1. The lowest BCUT2D eigenvalue weighted by Gasteiger charge is -2.21. The van der Waals surface area contributed by atoms with Crippen LogP contribution in [0.15, 0.2) is 121 Å². The molecular weight excluding hydrogens is 541 g/mol. The zero-order valence-electron chi connectivity index (χ0n) is 26.2. The van der Waals surface area contributed by atoms with Gasteiger partial charge < -0.3 is 5.32 Å². The predicted molar refractivity (Wildman–Crippen MR) is 190 cm³/mol. The van der Waals surface area contributed by atoms with Gasteiger partial charge in [0.05, 0.1) is 5.41 Å². The Morgan fingerprint density at radius 2 is 1.35 bits per heavy atom. The zero-order valence-corrected chi connectivity index (χ0v) is 27.0. The fourth-order valence-electron chi connectivity index (χ4n) is 7.02. The molecule has 6 rings (SSSR count). The molecule has 218 valence electrons. The predicted octanol–water partition coefficient (Wildman–Crippen LogP) is 10.5. The average Bonchev–Trinajstić information content (AvgIpc) is 3.40. The average molecular weight is 584 g/mol. The summed E-state index contributed by atoms with van der Waals surface area (Å²) in [5.74, 6) is 1.22. The van der Waals surface area contributed by atoms with E-state index in [0.717, 1.165) is 6.54 Å². The molecule has 1 N–H and O–H groups in total. The van der Waals surface area contributed by atoms with Crippen LogP contribution < -0.4 is 5.32 Å². The Labute approximate surface area is 261 Å². The van der Waals surface area contributed by atoms with Gasteiger partial charge in [-0.3, -0.25) is 0 Å². The molecule has 2 heterocycles. The van der Waals surface area contributed by atoms with Gasteiger partial charge in [0.2, 0.25) is 5.69 Å². The molecule has 0 fully saturated rings. The van der Waals surface area contributed by atoms with Crippen molar-refractivity contribution in [2.24, 2.45) is 0 Å². The zero-order chi connectivity index (χ0) is 30.0. The highest BCUT2D eigenvalue weighted by atomic mass is 32.2. The van der Waals surface area contributed by atoms with Gasteiger partial charge in [0, 0.05) is 40.9 Å². The molecule has 2 aliphatic rings. The summed E-state index contributed by atoms with van der Waals surface area (Å²) in [5, 5.41) is 8.98. The first-order chi connectivity index (χ1) is 20.8. The van der Waals surface area contributed by atoms with E-state index in [2.05, 4.69) is 159 Å². The number of fused-ring (bicyclic) bond motifs is 6. The third-order valence-electron chi connectivity index (χ3n) is 9.19. The number of unbranched alkanes of at least 4 members (excludes halogenated alkanes) is 1. The van der Waals surface area contributed by atoms with Gasteiger partial charge in [-0.05, 0) is 77.6 Å². The van der Waals surface area contributed by atoms with Gasteiger partial charge in [-0.15, -0.1) is 0 Å². The van der Waals surface area contributed by atoms with Crippen molar-refractivity contribution in [3.8, 4) is 0 Å². The lowest BCUT2D eigenvalue weighted by molar-refractivity contribution is -0.438. The van der Waals surface area contributed by atoms with Crippen LogP contribution in [-0.2, 0) is 10.8 Å². The van der Waals surface area contributed by atoms with Gasteiger partial charge >= 0.3 is 0 Å². The van der Waals surface area contributed by atoms with E-state index >= 15 is 0 Å². The van der Waals surface area contributed by atoms with Crippen LogP contribution in [0.4, 0.5) is 11.4 Å². The molecule has 4 aromatic rings. The molecule has 0 unspecified atom stereocenters. The van der Waals surface area contributed by atoms with Crippen LogP contribution in [0.2, 0.25) is 0 Å². The maximum absolute atomic E-state index is 3.68. The molecule has 2 nitrogen and oxygen atoms in total. The number of hydrogen-bond donors (Lipinski definition) is 1. The molecule has 2 aliphatic heterocycles. The monoisotopic (exact) mass is 583 g/mol. The first kappa shape index (κ1) is 29.3. The molecule has 0 saturated heterocycles. The van der Waals surface area contributed by atoms with Gasteiger partial charge in [-0.25, -0.2) is 0 Å². The minimum Gasteiger partial charge on any atom is -0.358 e.